The summed E-state index contributed by atoms with van der Waals surface area (Å²) in [5.41, 5.74) is 12.0. The van der Waals surface area contributed by atoms with E-state index in [-0.39, 0.29) is 24.0 Å². The molecule has 0 bridgehead atoms. The van der Waals surface area contributed by atoms with Gasteiger partial charge in [0.05, 0.1) is 17.2 Å². The number of H-pyrrole nitrogens is 1. The smallest absolute Gasteiger partial charge is 0.260 e. The fraction of sp³-hybridized carbons (Fsp3) is 0.0500. The normalized spacial score (nSPS) is 11.6. The highest BCUT2D eigenvalue weighted by molar-refractivity contribution is 5.99. The van der Waals surface area contributed by atoms with Gasteiger partial charge in [-0.15, -0.1) is 0 Å². The van der Waals surface area contributed by atoms with Gasteiger partial charge in [0, 0.05) is 22.7 Å². The number of carbonyl (C=O) groups is 1. The lowest BCUT2D eigenvalue weighted by atomic mass is 10.2. The van der Waals surface area contributed by atoms with Crippen molar-refractivity contribution in [1.29, 1.82) is 0 Å². The number of aromatic nitrogens is 5. The first-order valence-corrected chi connectivity index (χ1v) is 9.12. The number of benzene rings is 2. The molecule has 0 aliphatic rings. The van der Waals surface area contributed by atoms with E-state index >= 15 is 0 Å². The van der Waals surface area contributed by atoms with Crippen molar-refractivity contribution in [2.45, 2.75) is 6.54 Å². The number of hydrazone groups is 1. The second kappa shape index (κ2) is 7.17. The van der Waals surface area contributed by atoms with Crippen molar-refractivity contribution in [3.8, 4) is 11.5 Å². The van der Waals surface area contributed by atoms with Crippen LogP contribution in [0.25, 0.3) is 33.5 Å². The molecular weight excluding hydrogens is 384 g/mol. The summed E-state index contributed by atoms with van der Waals surface area (Å²) in [7, 11) is 0. The molecule has 3 heterocycles. The molecule has 2 aromatic carbocycles. The van der Waals surface area contributed by atoms with Crippen LogP contribution in [0.3, 0.4) is 0 Å². The second-order valence-corrected chi connectivity index (χ2v) is 6.59. The summed E-state index contributed by atoms with van der Waals surface area (Å²) in [4.78, 5) is 20.3. The van der Waals surface area contributed by atoms with Crippen molar-refractivity contribution in [2.24, 2.45) is 5.10 Å². The molecular formula is C20H16N8O2. The first kappa shape index (κ1) is 17.6. The first-order valence-electron chi connectivity index (χ1n) is 9.12. The largest absolute Gasteiger partial charge is 0.379 e. The molecule has 0 saturated carbocycles. The lowest BCUT2D eigenvalue weighted by molar-refractivity contribution is -0.121. The predicted molar refractivity (Wildman–Crippen MR) is 111 cm³/mol. The van der Waals surface area contributed by atoms with Crippen LogP contribution in [0.5, 0.6) is 0 Å². The second-order valence-electron chi connectivity index (χ2n) is 6.59. The molecule has 5 rings (SSSR count). The number of nitrogens with one attached hydrogen (secondary N) is 2. The predicted octanol–water partition coefficient (Wildman–Crippen LogP) is 2.30. The van der Waals surface area contributed by atoms with Gasteiger partial charge in [0.1, 0.15) is 6.54 Å². The van der Waals surface area contributed by atoms with Crippen LogP contribution in [-0.4, -0.2) is 37.0 Å². The first-order chi connectivity index (χ1) is 14.7. The standard InChI is InChI=1S/C20H16N8O2/c21-19-18(26-30-27-19)20-24-15-7-3-4-8-16(15)28(20)11-17(29)25-23-10-12-9-22-14-6-2-1-5-13(12)14/h1-10,22H,11H2,(H2,21,27)(H,25,29)/b23-10+. The number of hydrogen-bond acceptors (Lipinski definition) is 7. The van der Waals surface area contributed by atoms with E-state index in [1.807, 2.05) is 54.7 Å². The Morgan fingerprint density at radius 3 is 2.90 bits per heavy atom. The average Bonchev–Trinajstić information content (AvgIpc) is 3.46. The van der Waals surface area contributed by atoms with E-state index in [1.54, 1.807) is 10.8 Å². The van der Waals surface area contributed by atoms with Crippen LogP contribution in [0.4, 0.5) is 5.82 Å². The van der Waals surface area contributed by atoms with Gasteiger partial charge < -0.3 is 15.3 Å². The molecule has 30 heavy (non-hydrogen) atoms. The fourth-order valence-electron chi connectivity index (χ4n) is 3.32. The molecule has 3 aromatic heterocycles. The molecule has 148 valence electrons. The highest BCUT2D eigenvalue weighted by Crippen LogP contribution is 2.26. The van der Waals surface area contributed by atoms with Gasteiger partial charge in [-0.1, -0.05) is 30.3 Å². The van der Waals surface area contributed by atoms with Crippen LogP contribution in [0.15, 0.2) is 64.5 Å². The number of anilines is 1. The molecule has 0 atom stereocenters. The van der Waals surface area contributed by atoms with Crippen LogP contribution in [-0.2, 0) is 11.3 Å². The molecule has 0 radical (unpaired) electrons. The van der Waals surface area contributed by atoms with E-state index in [9.17, 15) is 4.79 Å². The number of amides is 1. The maximum absolute atomic E-state index is 12.6. The summed E-state index contributed by atoms with van der Waals surface area (Å²) in [6.45, 7) is -0.0344. The van der Waals surface area contributed by atoms with Crippen LogP contribution in [0.1, 0.15) is 5.56 Å². The molecule has 10 nitrogen and oxygen atoms in total. The number of hydrogen-bond donors (Lipinski definition) is 3. The lowest BCUT2D eigenvalue weighted by Crippen LogP contribution is -2.23. The minimum Gasteiger partial charge on any atom is -0.379 e. The topological polar surface area (TPSA) is 140 Å². The Morgan fingerprint density at radius 2 is 2.03 bits per heavy atom. The number of fused-ring (bicyclic) bond motifs is 2. The Morgan fingerprint density at radius 1 is 1.20 bits per heavy atom. The molecule has 10 heteroatoms. The van der Waals surface area contributed by atoms with Crippen molar-refractivity contribution >= 4 is 39.9 Å². The van der Waals surface area contributed by atoms with Gasteiger partial charge in [-0.3, -0.25) is 4.79 Å². The highest BCUT2D eigenvalue weighted by atomic mass is 16.6. The summed E-state index contributed by atoms with van der Waals surface area (Å²) >= 11 is 0. The van der Waals surface area contributed by atoms with Crippen LogP contribution in [0, 0.1) is 0 Å². The molecule has 0 aliphatic carbocycles. The van der Waals surface area contributed by atoms with Gasteiger partial charge in [-0.25, -0.2) is 15.0 Å². The summed E-state index contributed by atoms with van der Waals surface area (Å²) in [5.74, 6) is 0.167. The third-order valence-corrected chi connectivity index (χ3v) is 4.70. The Balaban J connectivity index is 1.40. The highest BCUT2D eigenvalue weighted by Gasteiger charge is 2.20. The fourth-order valence-corrected chi connectivity index (χ4v) is 3.32. The van der Waals surface area contributed by atoms with Gasteiger partial charge in [0.2, 0.25) is 0 Å². The third kappa shape index (κ3) is 3.05. The molecule has 0 aliphatic heterocycles. The number of carbonyl (C=O) groups excluding carboxylic acids is 1. The number of nitrogens with zero attached hydrogens (tertiary/aromatic N) is 5. The number of aromatic amines is 1. The Hall–Kier alpha value is -4.47. The maximum Gasteiger partial charge on any atom is 0.260 e. The average molecular weight is 400 g/mol. The van der Waals surface area contributed by atoms with Gasteiger partial charge in [0.15, 0.2) is 17.3 Å². The number of nitrogen functional groups attached to an aromatic ring is 1. The van der Waals surface area contributed by atoms with E-state index in [0.717, 1.165) is 22.0 Å². The van der Waals surface area contributed by atoms with E-state index in [4.69, 9.17) is 10.4 Å². The van der Waals surface area contributed by atoms with Crippen LogP contribution < -0.4 is 11.2 Å². The van der Waals surface area contributed by atoms with E-state index in [2.05, 4.69) is 30.8 Å². The lowest BCUT2D eigenvalue weighted by Gasteiger charge is -2.06. The van der Waals surface area contributed by atoms with Crippen molar-refractivity contribution in [2.75, 3.05) is 5.73 Å². The quantitative estimate of drug-likeness (QED) is 0.305. The van der Waals surface area contributed by atoms with Crippen molar-refractivity contribution in [3.05, 3.63) is 60.3 Å². The maximum atomic E-state index is 12.6. The zero-order valence-corrected chi connectivity index (χ0v) is 15.6. The monoisotopic (exact) mass is 400 g/mol. The molecule has 0 spiro atoms. The minimum atomic E-state index is -0.328. The molecule has 4 N–H and O–H groups in total. The van der Waals surface area contributed by atoms with Gasteiger partial charge >= 0.3 is 0 Å². The van der Waals surface area contributed by atoms with Crippen LogP contribution >= 0.6 is 0 Å². The summed E-state index contributed by atoms with van der Waals surface area (Å²) < 4.78 is 6.39. The van der Waals surface area contributed by atoms with Gasteiger partial charge in [0.25, 0.3) is 5.91 Å². The molecule has 0 saturated heterocycles. The summed E-state index contributed by atoms with van der Waals surface area (Å²) in [5, 5.41) is 12.5. The van der Waals surface area contributed by atoms with E-state index < -0.39 is 0 Å². The molecule has 0 unspecified atom stereocenters. The van der Waals surface area contributed by atoms with Gasteiger partial charge in [-0.2, -0.15) is 5.10 Å². The third-order valence-electron chi connectivity index (χ3n) is 4.70. The molecule has 5 aromatic rings. The Bertz CT molecular complexity index is 1390. The summed E-state index contributed by atoms with van der Waals surface area (Å²) in [6, 6.07) is 15.3. The Kier molecular flexibility index (Phi) is 4.21. The van der Waals surface area contributed by atoms with Crippen molar-refractivity contribution in [3.63, 3.8) is 0 Å². The van der Waals surface area contributed by atoms with E-state index in [0.29, 0.717) is 11.3 Å². The van der Waals surface area contributed by atoms with E-state index in [1.165, 1.54) is 0 Å². The number of imidazole rings is 1. The molecule has 1 amide bonds. The SMILES string of the molecule is Nc1nonc1-c1nc2ccccc2n1CC(=O)N/N=C/c1c[nH]c2ccccc12. The number of para-hydroxylation sites is 3. The number of rotatable bonds is 5. The van der Waals surface area contributed by atoms with Crippen LogP contribution in [0.2, 0.25) is 0 Å². The van der Waals surface area contributed by atoms with Gasteiger partial charge in [-0.05, 0) is 28.5 Å². The molecule has 0 fully saturated rings. The number of nitrogens with two attached hydrogens (primary N) is 1. The zero-order chi connectivity index (χ0) is 20.5. The van der Waals surface area contributed by atoms with Crippen molar-refractivity contribution in [1.82, 2.24) is 30.3 Å². The zero-order valence-electron chi connectivity index (χ0n) is 15.6. The minimum absolute atomic E-state index is 0.0344. The Labute approximate surface area is 169 Å². The van der Waals surface area contributed by atoms with Crippen molar-refractivity contribution < 1.29 is 9.42 Å². The summed E-state index contributed by atoms with van der Waals surface area (Å²) in [6.07, 6.45) is 3.44.